The molecule has 29 heavy (non-hydrogen) atoms. The van der Waals surface area contributed by atoms with Gasteiger partial charge in [0.2, 0.25) is 5.95 Å². The number of anilines is 2. The molecule has 0 bridgehead atoms. The van der Waals surface area contributed by atoms with Gasteiger partial charge >= 0.3 is 0 Å². The van der Waals surface area contributed by atoms with E-state index in [4.69, 9.17) is 14.7 Å². The summed E-state index contributed by atoms with van der Waals surface area (Å²) >= 11 is 0. The highest BCUT2D eigenvalue weighted by Crippen LogP contribution is 2.28. The van der Waals surface area contributed by atoms with Gasteiger partial charge in [-0.1, -0.05) is 30.3 Å². The van der Waals surface area contributed by atoms with Crippen LogP contribution in [-0.2, 0) is 11.3 Å². The van der Waals surface area contributed by atoms with Crippen LogP contribution in [0.25, 0.3) is 11.0 Å². The van der Waals surface area contributed by atoms with Gasteiger partial charge < -0.3 is 19.5 Å². The van der Waals surface area contributed by atoms with E-state index in [1.54, 1.807) is 0 Å². The quantitative estimate of drug-likeness (QED) is 0.736. The van der Waals surface area contributed by atoms with Gasteiger partial charge in [-0.2, -0.15) is 9.97 Å². The third-order valence-electron chi connectivity index (χ3n) is 5.80. The van der Waals surface area contributed by atoms with Gasteiger partial charge in [-0.05, 0) is 18.6 Å². The lowest BCUT2D eigenvalue weighted by Gasteiger charge is -2.36. The van der Waals surface area contributed by atoms with E-state index in [-0.39, 0.29) is 0 Å². The van der Waals surface area contributed by atoms with E-state index >= 15 is 0 Å². The van der Waals surface area contributed by atoms with Crippen molar-refractivity contribution < 1.29 is 4.74 Å². The zero-order chi connectivity index (χ0) is 19.6. The lowest BCUT2D eigenvalue weighted by molar-refractivity contribution is 0.122. The number of ether oxygens (including phenoxy) is 1. The first kappa shape index (κ1) is 18.4. The van der Waals surface area contributed by atoms with E-state index in [0.717, 1.165) is 87.5 Å². The first-order valence-electron chi connectivity index (χ1n) is 10.5. The molecule has 2 aliphatic rings. The predicted molar refractivity (Wildman–Crippen MR) is 116 cm³/mol. The van der Waals surface area contributed by atoms with Gasteiger partial charge in [-0.15, -0.1) is 0 Å². The van der Waals surface area contributed by atoms with Crippen molar-refractivity contribution in [2.24, 2.45) is 0 Å². The second-order valence-electron chi connectivity index (χ2n) is 7.91. The Morgan fingerprint density at radius 2 is 1.69 bits per heavy atom. The summed E-state index contributed by atoms with van der Waals surface area (Å²) in [6, 6.07) is 12.9. The molecular formula is C22H28N6O. The average molecular weight is 393 g/mol. The topological polar surface area (TPSA) is 60.5 Å². The third kappa shape index (κ3) is 3.93. The Hall–Kier alpha value is -2.64. The molecule has 1 N–H and O–H groups in total. The maximum atomic E-state index is 5.50. The summed E-state index contributed by atoms with van der Waals surface area (Å²) in [5.41, 5.74) is 3.43. The average Bonchev–Trinajstić information content (AvgIpc) is 3.15. The normalized spacial score (nSPS) is 18.5. The summed E-state index contributed by atoms with van der Waals surface area (Å²) in [5, 5.41) is 1.12. The lowest BCUT2D eigenvalue weighted by atomic mass is 10.2. The number of benzene rings is 1. The van der Waals surface area contributed by atoms with Crippen molar-refractivity contribution in [3.05, 3.63) is 47.7 Å². The molecule has 5 rings (SSSR count). The van der Waals surface area contributed by atoms with Crippen LogP contribution in [0.2, 0.25) is 0 Å². The van der Waals surface area contributed by atoms with Crippen molar-refractivity contribution in [1.29, 1.82) is 0 Å². The minimum Gasteiger partial charge on any atom is -0.378 e. The molecule has 152 valence electrons. The molecule has 0 aliphatic carbocycles. The number of morpholine rings is 1. The van der Waals surface area contributed by atoms with Gasteiger partial charge in [0.05, 0.1) is 18.6 Å². The number of aromatic nitrogens is 3. The number of rotatable bonds is 4. The molecular weight excluding hydrogens is 364 g/mol. The lowest BCUT2D eigenvalue weighted by Crippen LogP contribution is -2.46. The standard InChI is InChI=1S/C22H28N6O/c1-17-15-19-20(23-17)24-22(28-11-13-29-14-12-28)25-21(19)27-9-7-26(8-10-27)16-18-5-3-2-4-6-18/h2-6,15H,7-14,16H2,1H3,(H,23,24,25). The monoisotopic (exact) mass is 392 g/mol. The van der Waals surface area contributed by atoms with Crippen LogP contribution in [0.5, 0.6) is 0 Å². The van der Waals surface area contributed by atoms with Crippen molar-refractivity contribution >= 4 is 22.8 Å². The molecule has 4 heterocycles. The minimum atomic E-state index is 0.735. The van der Waals surface area contributed by atoms with Gasteiger partial charge in [0.15, 0.2) is 0 Å². The van der Waals surface area contributed by atoms with Crippen LogP contribution in [0, 0.1) is 6.92 Å². The Balaban J connectivity index is 1.36. The van der Waals surface area contributed by atoms with Crippen LogP contribution in [0.1, 0.15) is 11.3 Å². The Labute approximate surface area is 171 Å². The van der Waals surface area contributed by atoms with Crippen LogP contribution >= 0.6 is 0 Å². The Morgan fingerprint density at radius 3 is 2.45 bits per heavy atom. The summed E-state index contributed by atoms with van der Waals surface area (Å²) in [5.74, 6) is 1.87. The molecule has 0 radical (unpaired) electrons. The predicted octanol–water partition coefficient (Wildman–Crippen LogP) is 2.43. The van der Waals surface area contributed by atoms with E-state index in [1.165, 1.54) is 5.56 Å². The highest BCUT2D eigenvalue weighted by molar-refractivity contribution is 5.89. The second-order valence-corrected chi connectivity index (χ2v) is 7.91. The minimum absolute atomic E-state index is 0.735. The first-order valence-corrected chi connectivity index (χ1v) is 10.5. The molecule has 2 aromatic heterocycles. The molecule has 7 heteroatoms. The number of aryl methyl sites for hydroxylation is 1. The van der Waals surface area contributed by atoms with Gasteiger partial charge in [-0.3, -0.25) is 4.90 Å². The van der Waals surface area contributed by atoms with E-state index in [0.29, 0.717) is 0 Å². The first-order chi connectivity index (χ1) is 14.3. The zero-order valence-electron chi connectivity index (χ0n) is 17.0. The molecule has 2 aliphatic heterocycles. The highest BCUT2D eigenvalue weighted by Gasteiger charge is 2.23. The highest BCUT2D eigenvalue weighted by atomic mass is 16.5. The molecule has 3 aromatic rings. The molecule has 2 fully saturated rings. The number of piperazine rings is 1. The molecule has 0 unspecified atom stereocenters. The van der Waals surface area contributed by atoms with Crippen LogP contribution < -0.4 is 9.80 Å². The molecule has 0 atom stereocenters. The third-order valence-corrected chi connectivity index (χ3v) is 5.80. The number of nitrogens with one attached hydrogen (secondary N) is 1. The SMILES string of the molecule is Cc1cc2c(N3CCN(Cc4ccccc4)CC3)nc(N3CCOCC3)nc2[nH]1. The smallest absolute Gasteiger partial charge is 0.229 e. The number of hydrogen-bond donors (Lipinski definition) is 1. The summed E-state index contributed by atoms with van der Waals surface area (Å²) in [6.45, 7) is 10.3. The van der Waals surface area contributed by atoms with Crippen molar-refractivity contribution in [3.8, 4) is 0 Å². The summed E-state index contributed by atoms with van der Waals surface area (Å²) in [6.07, 6.45) is 0. The fourth-order valence-electron chi connectivity index (χ4n) is 4.22. The van der Waals surface area contributed by atoms with E-state index < -0.39 is 0 Å². The number of fused-ring (bicyclic) bond motifs is 1. The van der Waals surface area contributed by atoms with Crippen molar-refractivity contribution in [2.45, 2.75) is 13.5 Å². The Morgan fingerprint density at radius 1 is 0.931 bits per heavy atom. The van der Waals surface area contributed by atoms with Crippen molar-refractivity contribution in [1.82, 2.24) is 19.9 Å². The number of aromatic amines is 1. The van der Waals surface area contributed by atoms with Crippen LogP contribution in [-0.4, -0.2) is 72.3 Å². The largest absolute Gasteiger partial charge is 0.378 e. The second kappa shape index (κ2) is 8.00. The molecule has 0 amide bonds. The van der Waals surface area contributed by atoms with Crippen LogP contribution in [0.15, 0.2) is 36.4 Å². The number of nitrogens with zero attached hydrogens (tertiary/aromatic N) is 5. The van der Waals surface area contributed by atoms with Gasteiger partial charge in [0.25, 0.3) is 0 Å². The van der Waals surface area contributed by atoms with Gasteiger partial charge in [0.1, 0.15) is 11.5 Å². The number of hydrogen-bond acceptors (Lipinski definition) is 6. The molecule has 7 nitrogen and oxygen atoms in total. The summed E-state index contributed by atoms with van der Waals surface area (Å²) in [7, 11) is 0. The Bertz CT molecular complexity index is 958. The summed E-state index contributed by atoms with van der Waals surface area (Å²) < 4.78 is 5.50. The van der Waals surface area contributed by atoms with Gasteiger partial charge in [-0.25, -0.2) is 0 Å². The van der Waals surface area contributed by atoms with E-state index in [2.05, 4.69) is 63.0 Å². The van der Waals surface area contributed by atoms with Crippen molar-refractivity contribution in [3.63, 3.8) is 0 Å². The maximum Gasteiger partial charge on any atom is 0.229 e. The molecule has 0 saturated carbocycles. The molecule has 1 aromatic carbocycles. The maximum absolute atomic E-state index is 5.50. The van der Waals surface area contributed by atoms with Crippen LogP contribution in [0.4, 0.5) is 11.8 Å². The fourth-order valence-corrected chi connectivity index (χ4v) is 4.22. The van der Waals surface area contributed by atoms with E-state index in [9.17, 15) is 0 Å². The molecule has 0 spiro atoms. The van der Waals surface area contributed by atoms with Crippen molar-refractivity contribution in [2.75, 3.05) is 62.3 Å². The van der Waals surface area contributed by atoms with Crippen LogP contribution in [0.3, 0.4) is 0 Å². The Kier molecular flexibility index (Phi) is 5.08. The summed E-state index contributed by atoms with van der Waals surface area (Å²) in [4.78, 5) is 20.4. The number of H-pyrrole nitrogens is 1. The zero-order valence-corrected chi connectivity index (χ0v) is 17.0. The van der Waals surface area contributed by atoms with Gasteiger partial charge in [0, 0.05) is 51.5 Å². The van der Waals surface area contributed by atoms with E-state index in [1.807, 2.05) is 0 Å². The molecule has 2 saturated heterocycles. The fraction of sp³-hybridized carbons (Fsp3) is 0.455.